The number of rotatable bonds is 4. The first kappa shape index (κ1) is 16.9. The van der Waals surface area contributed by atoms with Gasteiger partial charge in [-0.15, -0.1) is 0 Å². The van der Waals surface area contributed by atoms with Gasteiger partial charge in [0, 0.05) is 11.6 Å². The number of benzene rings is 2. The Morgan fingerprint density at radius 1 is 1.16 bits per heavy atom. The van der Waals surface area contributed by atoms with E-state index in [1.807, 2.05) is 12.1 Å². The molecule has 25 heavy (non-hydrogen) atoms. The van der Waals surface area contributed by atoms with Crippen LogP contribution in [0.4, 0.5) is 10.1 Å². The van der Waals surface area contributed by atoms with Crippen LogP contribution < -0.4 is 5.32 Å². The molecule has 0 saturated carbocycles. The Balaban J connectivity index is 1.67. The van der Waals surface area contributed by atoms with Crippen LogP contribution in [0.3, 0.4) is 0 Å². The third-order valence-corrected chi connectivity index (χ3v) is 3.73. The Morgan fingerprint density at radius 2 is 1.96 bits per heavy atom. The van der Waals surface area contributed by atoms with Crippen molar-refractivity contribution < 1.29 is 18.7 Å². The normalized spacial score (nSPS) is 10.5. The van der Waals surface area contributed by atoms with Crippen LogP contribution in [-0.4, -0.2) is 23.5 Å². The Labute approximate surface area is 147 Å². The number of hydrogen-bond donors (Lipinski definition) is 1. The third kappa shape index (κ3) is 3.92. The highest BCUT2D eigenvalue weighted by molar-refractivity contribution is 6.33. The van der Waals surface area contributed by atoms with Crippen LogP contribution >= 0.6 is 11.6 Å². The van der Waals surface area contributed by atoms with Gasteiger partial charge in [-0.3, -0.25) is 4.79 Å². The Hall–Kier alpha value is -2.99. The van der Waals surface area contributed by atoms with Crippen LogP contribution in [0.2, 0.25) is 5.02 Å². The van der Waals surface area contributed by atoms with Crippen molar-refractivity contribution in [2.45, 2.75) is 0 Å². The summed E-state index contributed by atoms with van der Waals surface area (Å²) >= 11 is 5.87. The number of aromatic nitrogens is 1. The van der Waals surface area contributed by atoms with E-state index in [0.29, 0.717) is 5.39 Å². The van der Waals surface area contributed by atoms with Gasteiger partial charge in [-0.25, -0.2) is 14.2 Å². The zero-order valence-electron chi connectivity index (χ0n) is 12.8. The van der Waals surface area contributed by atoms with Crippen molar-refractivity contribution in [2.24, 2.45) is 0 Å². The van der Waals surface area contributed by atoms with Gasteiger partial charge in [-0.05, 0) is 29.7 Å². The number of ether oxygens (including phenoxy) is 1. The fourth-order valence-corrected chi connectivity index (χ4v) is 2.43. The molecule has 0 unspecified atom stereocenters. The standard InChI is InChI=1S/C18H12ClFN2O3/c19-14-6-5-12(20)9-15(14)22-16(23)10-25-18(24)17-13-4-2-1-3-11(13)7-8-21-17/h1-9H,10H2,(H,22,23). The van der Waals surface area contributed by atoms with Gasteiger partial charge in [0.15, 0.2) is 12.3 Å². The van der Waals surface area contributed by atoms with E-state index in [9.17, 15) is 14.0 Å². The summed E-state index contributed by atoms with van der Waals surface area (Å²) in [7, 11) is 0. The zero-order chi connectivity index (χ0) is 17.8. The van der Waals surface area contributed by atoms with E-state index in [2.05, 4.69) is 10.3 Å². The molecule has 0 aliphatic heterocycles. The number of nitrogens with one attached hydrogen (secondary N) is 1. The molecule has 126 valence electrons. The van der Waals surface area contributed by atoms with Gasteiger partial charge in [0.05, 0.1) is 10.7 Å². The summed E-state index contributed by atoms with van der Waals surface area (Å²) in [4.78, 5) is 28.1. The first-order valence-electron chi connectivity index (χ1n) is 7.30. The monoisotopic (exact) mass is 358 g/mol. The van der Waals surface area contributed by atoms with E-state index >= 15 is 0 Å². The lowest BCUT2D eigenvalue weighted by atomic mass is 10.1. The number of carbonyl (C=O) groups excluding carboxylic acids is 2. The minimum absolute atomic E-state index is 0.103. The van der Waals surface area contributed by atoms with Crippen molar-refractivity contribution >= 4 is 39.9 Å². The minimum atomic E-state index is -0.725. The molecule has 0 atom stereocenters. The number of hydrogen-bond acceptors (Lipinski definition) is 4. The smallest absolute Gasteiger partial charge is 0.358 e. The van der Waals surface area contributed by atoms with Gasteiger partial charge in [0.25, 0.3) is 5.91 Å². The molecule has 5 nitrogen and oxygen atoms in total. The lowest BCUT2D eigenvalue weighted by molar-refractivity contribution is -0.119. The maximum atomic E-state index is 13.2. The molecule has 0 fully saturated rings. The van der Waals surface area contributed by atoms with E-state index < -0.39 is 24.3 Å². The summed E-state index contributed by atoms with van der Waals surface area (Å²) in [5, 5.41) is 4.03. The van der Waals surface area contributed by atoms with Crippen LogP contribution in [0.25, 0.3) is 10.8 Å². The first-order chi connectivity index (χ1) is 12.0. The van der Waals surface area contributed by atoms with Crippen molar-refractivity contribution in [3.05, 3.63) is 71.3 Å². The van der Waals surface area contributed by atoms with E-state index in [4.69, 9.17) is 16.3 Å². The van der Waals surface area contributed by atoms with Gasteiger partial charge in [-0.2, -0.15) is 0 Å². The number of carbonyl (C=O) groups is 2. The Kier molecular flexibility index (Phi) is 4.90. The second-order valence-corrected chi connectivity index (χ2v) is 5.54. The molecule has 0 saturated heterocycles. The fraction of sp³-hybridized carbons (Fsp3) is 0.0556. The summed E-state index contributed by atoms with van der Waals surface area (Å²) < 4.78 is 18.2. The topological polar surface area (TPSA) is 68.3 Å². The lowest BCUT2D eigenvalue weighted by Gasteiger charge is -2.09. The molecule has 7 heteroatoms. The SMILES string of the molecule is O=C(COC(=O)c1nccc2ccccc12)Nc1cc(F)ccc1Cl. The molecule has 0 bridgehead atoms. The molecule has 0 aliphatic rings. The number of pyridine rings is 1. The quantitative estimate of drug-likeness (QED) is 0.720. The van der Waals surface area contributed by atoms with Crippen LogP contribution in [0.15, 0.2) is 54.7 Å². The number of halogens is 2. The maximum absolute atomic E-state index is 13.2. The average molecular weight is 359 g/mol. The van der Waals surface area contributed by atoms with Crippen molar-refractivity contribution in [1.29, 1.82) is 0 Å². The maximum Gasteiger partial charge on any atom is 0.358 e. The van der Waals surface area contributed by atoms with E-state index in [1.165, 1.54) is 18.3 Å². The van der Waals surface area contributed by atoms with Gasteiger partial charge in [0.2, 0.25) is 0 Å². The summed E-state index contributed by atoms with van der Waals surface area (Å²) in [6, 6.07) is 12.5. The highest BCUT2D eigenvalue weighted by Gasteiger charge is 2.15. The summed E-state index contributed by atoms with van der Waals surface area (Å²) in [5.74, 6) is -1.91. The Morgan fingerprint density at radius 3 is 2.80 bits per heavy atom. The van der Waals surface area contributed by atoms with E-state index in [1.54, 1.807) is 18.2 Å². The van der Waals surface area contributed by atoms with Gasteiger partial charge in [-0.1, -0.05) is 35.9 Å². The second-order valence-electron chi connectivity index (χ2n) is 5.13. The van der Waals surface area contributed by atoms with E-state index in [0.717, 1.165) is 11.5 Å². The van der Waals surface area contributed by atoms with Crippen molar-refractivity contribution in [3.8, 4) is 0 Å². The summed E-state index contributed by atoms with van der Waals surface area (Å²) in [6.07, 6.45) is 1.49. The lowest BCUT2D eigenvalue weighted by Crippen LogP contribution is -2.21. The molecular formula is C18H12ClFN2O3. The fourth-order valence-electron chi connectivity index (χ4n) is 2.26. The largest absolute Gasteiger partial charge is 0.451 e. The number of anilines is 1. The van der Waals surface area contributed by atoms with E-state index in [-0.39, 0.29) is 16.4 Å². The number of amides is 1. The average Bonchev–Trinajstić information content (AvgIpc) is 2.62. The van der Waals surface area contributed by atoms with Gasteiger partial charge < -0.3 is 10.1 Å². The highest BCUT2D eigenvalue weighted by atomic mass is 35.5. The molecule has 3 aromatic rings. The van der Waals surface area contributed by atoms with Crippen LogP contribution in [0.5, 0.6) is 0 Å². The Bertz CT molecular complexity index is 957. The summed E-state index contributed by atoms with van der Waals surface area (Å²) in [6.45, 7) is -0.545. The molecule has 1 heterocycles. The van der Waals surface area contributed by atoms with Crippen LogP contribution in [0.1, 0.15) is 10.5 Å². The van der Waals surface area contributed by atoms with Gasteiger partial charge >= 0.3 is 5.97 Å². The van der Waals surface area contributed by atoms with Crippen LogP contribution in [-0.2, 0) is 9.53 Å². The molecule has 1 N–H and O–H groups in total. The number of fused-ring (bicyclic) bond motifs is 1. The molecule has 0 aliphatic carbocycles. The van der Waals surface area contributed by atoms with Crippen molar-refractivity contribution in [1.82, 2.24) is 4.98 Å². The third-order valence-electron chi connectivity index (χ3n) is 3.40. The van der Waals surface area contributed by atoms with Gasteiger partial charge in [0.1, 0.15) is 5.82 Å². The minimum Gasteiger partial charge on any atom is -0.451 e. The zero-order valence-corrected chi connectivity index (χ0v) is 13.6. The summed E-state index contributed by atoms with van der Waals surface area (Å²) in [5.41, 5.74) is 0.223. The molecular weight excluding hydrogens is 347 g/mol. The molecule has 3 rings (SSSR count). The molecule has 0 spiro atoms. The van der Waals surface area contributed by atoms with Crippen LogP contribution in [0, 0.1) is 5.82 Å². The predicted octanol–water partition coefficient (Wildman–Crippen LogP) is 3.82. The second kappa shape index (κ2) is 7.27. The molecule has 2 aromatic carbocycles. The van der Waals surface area contributed by atoms with Crippen molar-refractivity contribution in [3.63, 3.8) is 0 Å². The highest BCUT2D eigenvalue weighted by Crippen LogP contribution is 2.22. The number of esters is 1. The molecule has 1 aromatic heterocycles. The number of nitrogens with zero attached hydrogens (tertiary/aromatic N) is 1. The molecule has 1 amide bonds. The van der Waals surface area contributed by atoms with Crippen molar-refractivity contribution in [2.75, 3.05) is 11.9 Å². The molecule has 0 radical (unpaired) electrons. The predicted molar refractivity (Wildman–Crippen MR) is 92.1 cm³/mol. The first-order valence-corrected chi connectivity index (χ1v) is 7.68.